The van der Waals surface area contributed by atoms with Crippen molar-refractivity contribution >= 4 is 15.9 Å². The molecular formula is C12H24N4O3S. The molecule has 0 amide bonds. The van der Waals surface area contributed by atoms with Crippen LogP contribution in [0.25, 0.3) is 0 Å². The zero-order valence-electron chi connectivity index (χ0n) is 12.9. The molecule has 7 nitrogen and oxygen atoms in total. The van der Waals surface area contributed by atoms with E-state index in [1.165, 1.54) is 6.26 Å². The van der Waals surface area contributed by atoms with Crippen molar-refractivity contribution in [3.05, 3.63) is 5.89 Å². The normalized spacial score (nSPS) is 13.5. The first kappa shape index (κ1) is 16.9. The average Bonchev–Trinajstić information content (AvgIpc) is 2.69. The van der Waals surface area contributed by atoms with Crippen LogP contribution in [-0.2, 0) is 16.4 Å². The Bertz CT molecular complexity index is 543. The van der Waals surface area contributed by atoms with Crippen LogP contribution in [0.1, 0.15) is 40.5 Å². The fourth-order valence-electron chi connectivity index (χ4n) is 1.16. The summed E-state index contributed by atoms with van der Waals surface area (Å²) in [4.78, 5) is 0. The van der Waals surface area contributed by atoms with E-state index in [1.54, 1.807) is 13.8 Å². The molecule has 0 spiro atoms. The van der Waals surface area contributed by atoms with Gasteiger partial charge in [0.1, 0.15) is 0 Å². The van der Waals surface area contributed by atoms with Crippen LogP contribution in [0.3, 0.4) is 0 Å². The Morgan fingerprint density at radius 2 is 1.75 bits per heavy atom. The van der Waals surface area contributed by atoms with Gasteiger partial charge in [-0.1, -0.05) is 5.10 Å². The molecule has 0 saturated carbocycles. The second-order valence-corrected chi connectivity index (χ2v) is 9.14. The second kappa shape index (κ2) is 5.69. The third kappa shape index (κ3) is 5.09. The molecule has 1 aromatic rings. The first-order chi connectivity index (χ1) is 8.91. The number of hydrogen-bond donors (Lipinski definition) is 2. The van der Waals surface area contributed by atoms with E-state index in [0.717, 1.165) is 0 Å². The van der Waals surface area contributed by atoms with Crippen molar-refractivity contribution in [2.75, 3.05) is 18.1 Å². The van der Waals surface area contributed by atoms with Crippen LogP contribution < -0.4 is 10.6 Å². The monoisotopic (exact) mass is 304 g/mol. The number of nitrogens with zero attached hydrogens (tertiary/aromatic N) is 2. The van der Waals surface area contributed by atoms with Crippen LogP contribution in [0.4, 0.5) is 6.01 Å². The van der Waals surface area contributed by atoms with Gasteiger partial charge in [0.25, 0.3) is 0 Å². The van der Waals surface area contributed by atoms with Gasteiger partial charge in [0, 0.05) is 18.3 Å². The highest BCUT2D eigenvalue weighted by molar-refractivity contribution is 7.92. The third-order valence-corrected chi connectivity index (χ3v) is 5.06. The zero-order valence-corrected chi connectivity index (χ0v) is 13.8. The predicted molar refractivity (Wildman–Crippen MR) is 78.3 cm³/mol. The van der Waals surface area contributed by atoms with E-state index in [4.69, 9.17) is 4.42 Å². The van der Waals surface area contributed by atoms with Crippen molar-refractivity contribution in [3.8, 4) is 0 Å². The molecule has 2 N–H and O–H groups in total. The molecule has 116 valence electrons. The van der Waals surface area contributed by atoms with Crippen molar-refractivity contribution in [2.45, 2.75) is 51.4 Å². The summed E-state index contributed by atoms with van der Waals surface area (Å²) in [5, 5.41) is 13.8. The molecule has 0 aliphatic carbocycles. The van der Waals surface area contributed by atoms with E-state index >= 15 is 0 Å². The predicted octanol–water partition coefficient (Wildman–Crippen LogP) is 1.19. The van der Waals surface area contributed by atoms with Gasteiger partial charge in [-0.05, 0) is 34.6 Å². The number of nitrogens with one attached hydrogen (secondary N) is 2. The average molecular weight is 304 g/mol. The molecule has 1 aromatic heterocycles. The van der Waals surface area contributed by atoms with Gasteiger partial charge in [-0.2, -0.15) is 0 Å². The summed E-state index contributed by atoms with van der Waals surface area (Å²) < 4.78 is 27.7. The molecule has 0 aromatic carbocycles. The molecule has 0 aliphatic rings. The van der Waals surface area contributed by atoms with Gasteiger partial charge in [0.2, 0.25) is 5.89 Å². The van der Waals surface area contributed by atoms with Gasteiger partial charge in [0.15, 0.2) is 9.84 Å². The molecule has 0 saturated heterocycles. The summed E-state index contributed by atoms with van der Waals surface area (Å²) in [5.74, 6) is 0.458. The first-order valence-electron chi connectivity index (χ1n) is 6.42. The van der Waals surface area contributed by atoms with Crippen molar-refractivity contribution in [2.24, 2.45) is 0 Å². The molecule has 20 heavy (non-hydrogen) atoms. The largest absolute Gasteiger partial charge is 0.407 e. The van der Waals surface area contributed by atoms with Gasteiger partial charge < -0.3 is 15.1 Å². The summed E-state index contributed by atoms with van der Waals surface area (Å²) >= 11 is 0. The standard InChI is InChI=1S/C12H24N4O3S/c1-11(2,3)14-7-9-15-16-10(19-9)13-8-12(4,5)20(6,17)18/h14H,7-8H2,1-6H3,(H,13,16). The quantitative estimate of drug-likeness (QED) is 0.814. The molecule has 0 unspecified atom stereocenters. The maximum Gasteiger partial charge on any atom is 0.315 e. The van der Waals surface area contributed by atoms with Crippen LogP contribution >= 0.6 is 0 Å². The third-order valence-electron chi connectivity index (χ3n) is 2.91. The highest BCUT2D eigenvalue weighted by atomic mass is 32.2. The summed E-state index contributed by atoms with van der Waals surface area (Å²) in [6.07, 6.45) is 1.21. The molecule has 0 bridgehead atoms. The smallest absolute Gasteiger partial charge is 0.315 e. The Kier molecular flexibility index (Phi) is 4.81. The number of sulfone groups is 1. The topological polar surface area (TPSA) is 97.1 Å². The lowest BCUT2D eigenvalue weighted by molar-refractivity contribution is 0.383. The van der Waals surface area contributed by atoms with Gasteiger partial charge in [0.05, 0.1) is 11.3 Å². The first-order valence-corrected chi connectivity index (χ1v) is 8.31. The molecule has 0 aliphatic heterocycles. The molecule has 0 radical (unpaired) electrons. The lowest BCUT2D eigenvalue weighted by Gasteiger charge is -2.21. The molecule has 0 fully saturated rings. The summed E-state index contributed by atoms with van der Waals surface area (Å²) in [7, 11) is -3.16. The summed E-state index contributed by atoms with van der Waals surface area (Å²) in [6, 6.07) is 0.229. The Morgan fingerprint density at radius 1 is 1.15 bits per heavy atom. The Morgan fingerprint density at radius 3 is 2.25 bits per heavy atom. The second-order valence-electron chi connectivity index (χ2n) is 6.49. The minimum Gasteiger partial charge on any atom is -0.407 e. The van der Waals surface area contributed by atoms with E-state index in [-0.39, 0.29) is 18.1 Å². The van der Waals surface area contributed by atoms with Gasteiger partial charge in [-0.3, -0.25) is 0 Å². The van der Waals surface area contributed by atoms with Crippen LogP contribution in [0.2, 0.25) is 0 Å². The van der Waals surface area contributed by atoms with Crippen molar-refractivity contribution < 1.29 is 12.8 Å². The molecule has 0 atom stereocenters. The Labute approximate surface area is 120 Å². The van der Waals surface area contributed by atoms with Crippen molar-refractivity contribution in [3.63, 3.8) is 0 Å². The number of hydrogen-bond acceptors (Lipinski definition) is 7. The SMILES string of the molecule is CC(C)(C)NCc1nnc(NCC(C)(C)S(C)(=O)=O)o1. The molecule has 8 heteroatoms. The fraction of sp³-hybridized carbons (Fsp3) is 0.833. The maximum atomic E-state index is 11.6. The van der Waals surface area contributed by atoms with E-state index in [0.29, 0.717) is 12.4 Å². The lowest BCUT2D eigenvalue weighted by atomic mass is 10.1. The molecule has 1 rings (SSSR count). The molecular weight excluding hydrogens is 280 g/mol. The summed E-state index contributed by atoms with van der Waals surface area (Å²) in [6.45, 7) is 10.1. The molecule has 1 heterocycles. The minimum atomic E-state index is -3.16. The Hall–Kier alpha value is -1.15. The summed E-state index contributed by atoms with van der Waals surface area (Å²) in [5.41, 5.74) is -0.0413. The Balaban J connectivity index is 2.57. The van der Waals surface area contributed by atoms with E-state index in [9.17, 15) is 8.42 Å². The number of anilines is 1. The highest BCUT2D eigenvalue weighted by Gasteiger charge is 2.30. The van der Waals surface area contributed by atoms with Crippen molar-refractivity contribution in [1.29, 1.82) is 0 Å². The van der Waals surface area contributed by atoms with Crippen LogP contribution in [0, 0.1) is 0 Å². The van der Waals surface area contributed by atoms with Gasteiger partial charge >= 0.3 is 6.01 Å². The van der Waals surface area contributed by atoms with E-state index < -0.39 is 14.6 Å². The van der Waals surface area contributed by atoms with Crippen LogP contribution in [0.15, 0.2) is 4.42 Å². The van der Waals surface area contributed by atoms with Crippen LogP contribution in [-0.4, -0.2) is 41.7 Å². The maximum absolute atomic E-state index is 11.6. The van der Waals surface area contributed by atoms with E-state index in [1.807, 2.05) is 20.8 Å². The van der Waals surface area contributed by atoms with Crippen molar-refractivity contribution in [1.82, 2.24) is 15.5 Å². The minimum absolute atomic E-state index is 0.0413. The number of aromatic nitrogens is 2. The zero-order chi connectivity index (χ0) is 15.6. The van der Waals surface area contributed by atoms with Gasteiger partial charge in [-0.15, -0.1) is 5.10 Å². The lowest BCUT2D eigenvalue weighted by Crippen LogP contribution is -2.38. The highest BCUT2D eigenvalue weighted by Crippen LogP contribution is 2.16. The van der Waals surface area contributed by atoms with Crippen LogP contribution in [0.5, 0.6) is 0 Å². The number of rotatable bonds is 6. The van der Waals surface area contributed by atoms with Gasteiger partial charge in [-0.25, -0.2) is 8.42 Å². The fourth-order valence-corrected chi connectivity index (χ4v) is 1.49. The van der Waals surface area contributed by atoms with E-state index in [2.05, 4.69) is 20.8 Å².